The van der Waals surface area contributed by atoms with Gasteiger partial charge in [-0.2, -0.15) is 0 Å². The Hall–Kier alpha value is -3.24. The molecule has 11 heteroatoms. The molecule has 0 spiro atoms. The number of aromatic amines is 1. The summed E-state index contributed by atoms with van der Waals surface area (Å²) < 4.78 is 59.9. The van der Waals surface area contributed by atoms with E-state index in [-0.39, 0.29) is 21.2 Å². The van der Waals surface area contributed by atoms with Crippen molar-refractivity contribution in [3.8, 4) is 0 Å². The van der Waals surface area contributed by atoms with Crippen LogP contribution in [-0.4, -0.2) is 22.3 Å². The molecule has 5 rings (SSSR count). The molecule has 0 unspecified atom stereocenters. The van der Waals surface area contributed by atoms with Crippen LogP contribution in [0.25, 0.3) is 11.0 Å². The van der Waals surface area contributed by atoms with Gasteiger partial charge < -0.3 is 15.0 Å². The lowest BCUT2D eigenvalue weighted by Crippen LogP contribution is -2.10. The van der Waals surface area contributed by atoms with E-state index in [1.807, 2.05) is 0 Å². The highest BCUT2D eigenvalue weighted by Gasteiger charge is 2.27. The molecule has 2 aromatic carbocycles. The van der Waals surface area contributed by atoms with Gasteiger partial charge in [-0.05, 0) is 61.0 Å². The predicted octanol–water partition coefficient (Wildman–Crippen LogP) is 6.94. The molecule has 2 aromatic heterocycles. The maximum absolute atomic E-state index is 15.3. The van der Waals surface area contributed by atoms with Gasteiger partial charge in [0.15, 0.2) is 5.82 Å². The monoisotopic (exact) mass is 520 g/mol. The van der Waals surface area contributed by atoms with Crippen molar-refractivity contribution < 1.29 is 22.4 Å². The van der Waals surface area contributed by atoms with Crippen LogP contribution in [0.2, 0.25) is 5.02 Å². The van der Waals surface area contributed by atoms with Crippen LogP contribution in [0.15, 0.2) is 47.6 Å². The molecule has 1 aliphatic rings. The van der Waals surface area contributed by atoms with Gasteiger partial charge in [-0.15, -0.1) is 0 Å². The third-order valence-corrected chi connectivity index (χ3v) is 6.79. The van der Waals surface area contributed by atoms with E-state index < -0.39 is 34.6 Å². The van der Waals surface area contributed by atoms with Gasteiger partial charge in [0.1, 0.15) is 23.1 Å². The van der Waals surface area contributed by atoms with Crippen LogP contribution >= 0.6 is 23.5 Å². The van der Waals surface area contributed by atoms with Crippen LogP contribution in [0.4, 0.5) is 28.9 Å². The molecule has 180 valence electrons. The van der Waals surface area contributed by atoms with Crippen LogP contribution in [-0.2, 0) is 0 Å². The van der Waals surface area contributed by atoms with Gasteiger partial charge >= 0.3 is 0 Å². The first-order chi connectivity index (χ1) is 16.8. The summed E-state index contributed by atoms with van der Waals surface area (Å²) in [4.78, 5) is 20.2. The van der Waals surface area contributed by atoms with E-state index >= 15 is 4.39 Å². The van der Waals surface area contributed by atoms with E-state index in [1.54, 1.807) is 0 Å². The number of anilines is 2. The summed E-state index contributed by atoms with van der Waals surface area (Å²) in [5.74, 6) is -4.06. The van der Waals surface area contributed by atoms with Gasteiger partial charge in [0.05, 0.1) is 44.0 Å². The van der Waals surface area contributed by atoms with E-state index in [9.17, 15) is 18.0 Å². The number of aromatic nitrogens is 2. The Balaban J connectivity index is 1.50. The molecular formula is C24H17ClF4N4OS. The van der Waals surface area contributed by atoms with E-state index in [0.717, 1.165) is 43.2 Å². The summed E-state index contributed by atoms with van der Waals surface area (Å²) in [6.07, 6.45) is 4.93. The quantitative estimate of drug-likeness (QED) is 0.133. The van der Waals surface area contributed by atoms with Crippen molar-refractivity contribution in [2.75, 3.05) is 16.6 Å². The zero-order valence-electron chi connectivity index (χ0n) is 17.9. The molecule has 0 amide bonds. The number of fused-ring (bicyclic) bond motifs is 1. The SMILES string of the molecule is O=C(c1c(F)ccc(NSc2cc(F)ccc2F)c1F)c1c[nH]c2ncc(Cl)c(NCC3CC3)c12. The Bertz CT molecular complexity index is 1460. The number of hydrogen-bond acceptors (Lipinski definition) is 5. The standard InChI is InChI=1S/C24H17ClF4N4OS/c25-14-10-32-24-19(22(14)30-8-11-1-2-11)13(9-31-24)23(34)20-16(28)5-6-17(21(20)29)33-35-18-7-12(26)3-4-15(18)27/h3-7,9-11,33H,1-2,8H2,(H2,30,31,32). The first-order valence-electron chi connectivity index (χ1n) is 10.6. The molecular weight excluding hydrogens is 504 g/mol. The van der Waals surface area contributed by atoms with Crippen LogP contribution in [0.1, 0.15) is 28.8 Å². The largest absolute Gasteiger partial charge is 0.383 e. The zero-order valence-corrected chi connectivity index (χ0v) is 19.5. The van der Waals surface area contributed by atoms with Crippen LogP contribution in [0.5, 0.6) is 0 Å². The topological polar surface area (TPSA) is 69.8 Å². The average Bonchev–Trinajstić information content (AvgIpc) is 3.56. The summed E-state index contributed by atoms with van der Waals surface area (Å²) in [5.41, 5.74) is -0.286. The third kappa shape index (κ3) is 4.68. The molecule has 1 fully saturated rings. The fraction of sp³-hybridized carbons (Fsp3) is 0.167. The lowest BCUT2D eigenvalue weighted by atomic mass is 10.0. The molecule has 35 heavy (non-hydrogen) atoms. The summed E-state index contributed by atoms with van der Waals surface area (Å²) in [7, 11) is 0. The molecule has 1 aliphatic carbocycles. The minimum absolute atomic E-state index is 0.00734. The van der Waals surface area contributed by atoms with E-state index in [1.165, 1.54) is 12.4 Å². The maximum atomic E-state index is 15.3. The van der Waals surface area contributed by atoms with E-state index in [4.69, 9.17) is 11.6 Å². The van der Waals surface area contributed by atoms with E-state index in [2.05, 4.69) is 20.0 Å². The van der Waals surface area contributed by atoms with Crippen molar-refractivity contribution in [3.05, 3.63) is 82.1 Å². The summed E-state index contributed by atoms with van der Waals surface area (Å²) in [6, 6.07) is 4.81. The van der Waals surface area contributed by atoms with Crippen LogP contribution in [0, 0.1) is 29.2 Å². The van der Waals surface area contributed by atoms with Gasteiger partial charge in [-0.25, -0.2) is 22.5 Å². The molecule has 0 atom stereocenters. The van der Waals surface area contributed by atoms with Crippen molar-refractivity contribution in [1.82, 2.24) is 9.97 Å². The Morgan fingerprint density at radius 3 is 2.69 bits per heavy atom. The molecule has 0 radical (unpaired) electrons. The first-order valence-corrected chi connectivity index (χ1v) is 11.8. The second-order valence-electron chi connectivity index (χ2n) is 8.12. The fourth-order valence-electron chi connectivity index (χ4n) is 3.63. The molecule has 4 aromatic rings. The normalized spacial score (nSPS) is 13.3. The van der Waals surface area contributed by atoms with Gasteiger partial charge in [0, 0.05) is 12.7 Å². The number of ketones is 1. The van der Waals surface area contributed by atoms with E-state index in [0.29, 0.717) is 41.1 Å². The lowest BCUT2D eigenvalue weighted by Gasteiger charge is -2.12. The van der Waals surface area contributed by atoms with Gasteiger partial charge in [-0.3, -0.25) is 4.79 Å². The number of rotatable bonds is 8. The number of carbonyl (C=O) groups excluding carboxylic acids is 1. The number of nitrogens with one attached hydrogen (secondary N) is 3. The van der Waals surface area contributed by atoms with Crippen molar-refractivity contribution in [2.45, 2.75) is 17.7 Å². The molecule has 0 saturated heterocycles. The number of hydrogen-bond donors (Lipinski definition) is 3. The highest BCUT2D eigenvalue weighted by Crippen LogP contribution is 2.37. The lowest BCUT2D eigenvalue weighted by molar-refractivity contribution is 0.103. The molecule has 0 bridgehead atoms. The summed E-state index contributed by atoms with van der Waals surface area (Å²) in [6.45, 7) is 0.646. The second-order valence-corrected chi connectivity index (χ2v) is 9.38. The highest BCUT2D eigenvalue weighted by molar-refractivity contribution is 8.00. The van der Waals surface area contributed by atoms with Crippen molar-refractivity contribution in [2.24, 2.45) is 5.92 Å². The first kappa shape index (κ1) is 23.5. The minimum atomic E-state index is -1.17. The third-order valence-electron chi connectivity index (χ3n) is 5.65. The Labute approximate surface area is 206 Å². The summed E-state index contributed by atoms with van der Waals surface area (Å²) in [5, 5.41) is 3.83. The average molecular weight is 521 g/mol. The number of benzene rings is 2. The molecule has 2 heterocycles. The number of H-pyrrole nitrogens is 1. The van der Waals surface area contributed by atoms with Crippen LogP contribution < -0.4 is 10.0 Å². The minimum Gasteiger partial charge on any atom is -0.383 e. The Morgan fingerprint density at radius 2 is 1.91 bits per heavy atom. The highest BCUT2D eigenvalue weighted by atomic mass is 35.5. The summed E-state index contributed by atoms with van der Waals surface area (Å²) >= 11 is 6.92. The number of pyridine rings is 1. The maximum Gasteiger partial charge on any atom is 0.201 e. The Morgan fingerprint density at radius 1 is 1.14 bits per heavy atom. The molecule has 0 aliphatic heterocycles. The predicted molar refractivity (Wildman–Crippen MR) is 128 cm³/mol. The zero-order chi connectivity index (χ0) is 24.7. The second kappa shape index (κ2) is 9.43. The molecule has 5 nitrogen and oxygen atoms in total. The number of carbonyl (C=O) groups is 1. The van der Waals surface area contributed by atoms with Crippen LogP contribution in [0.3, 0.4) is 0 Å². The number of nitrogens with zero attached hydrogens (tertiary/aromatic N) is 1. The smallest absolute Gasteiger partial charge is 0.201 e. The van der Waals surface area contributed by atoms with Crippen molar-refractivity contribution in [3.63, 3.8) is 0 Å². The van der Waals surface area contributed by atoms with Gasteiger partial charge in [-0.1, -0.05) is 11.6 Å². The van der Waals surface area contributed by atoms with Crippen molar-refractivity contribution in [1.29, 1.82) is 0 Å². The van der Waals surface area contributed by atoms with Crippen molar-refractivity contribution >= 4 is 51.7 Å². The number of halogens is 5. The van der Waals surface area contributed by atoms with Gasteiger partial charge in [0.2, 0.25) is 5.78 Å². The fourth-order valence-corrected chi connectivity index (χ4v) is 4.56. The Kier molecular flexibility index (Phi) is 6.33. The van der Waals surface area contributed by atoms with Gasteiger partial charge in [0.25, 0.3) is 0 Å². The molecule has 3 N–H and O–H groups in total. The molecule has 1 saturated carbocycles.